The van der Waals surface area contributed by atoms with E-state index < -0.39 is 5.97 Å². The third-order valence-corrected chi connectivity index (χ3v) is 4.38. The average molecular weight is 384 g/mol. The number of nitrogens with one attached hydrogen (secondary N) is 2. The van der Waals surface area contributed by atoms with E-state index in [2.05, 4.69) is 20.5 Å². The van der Waals surface area contributed by atoms with E-state index in [0.717, 1.165) is 32.8 Å². The number of anilines is 2. The van der Waals surface area contributed by atoms with Crippen LogP contribution in [0.4, 0.5) is 11.4 Å². The van der Waals surface area contributed by atoms with Crippen LogP contribution >= 0.6 is 0 Å². The SMILES string of the molecule is COC(=O)c1cccc(Nc2ccnc(C(=O)NCCN3CCOCC3)c2)c1. The van der Waals surface area contributed by atoms with Crippen molar-refractivity contribution in [3.05, 3.63) is 53.9 Å². The van der Waals surface area contributed by atoms with Crippen LogP contribution in [0, 0.1) is 0 Å². The summed E-state index contributed by atoms with van der Waals surface area (Å²) >= 11 is 0. The summed E-state index contributed by atoms with van der Waals surface area (Å²) in [4.78, 5) is 30.4. The molecule has 2 aromatic rings. The molecule has 0 unspecified atom stereocenters. The Bertz CT molecular complexity index is 821. The quantitative estimate of drug-likeness (QED) is 0.702. The molecule has 1 amide bonds. The van der Waals surface area contributed by atoms with Gasteiger partial charge in [-0.05, 0) is 30.3 Å². The van der Waals surface area contributed by atoms with Crippen molar-refractivity contribution in [2.24, 2.45) is 0 Å². The van der Waals surface area contributed by atoms with Gasteiger partial charge in [0.1, 0.15) is 5.69 Å². The highest BCUT2D eigenvalue weighted by atomic mass is 16.5. The van der Waals surface area contributed by atoms with Crippen molar-refractivity contribution in [1.82, 2.24) is 15.2 Å². The number of pyridine rings is 1. The minimum absolute atomic E-state index is 0.222. The van der Waals surface area contributed by atoms with Gasteiger partial charge in [-0.1, -0.05) is 6.07 Å². The van der Waals surface area contributed by atoms with E-state index in [-0.39, 0.29) is 5.91 Å². The third kappa shape index (κ3) is 5.51. The predicted molar refractivity (Wildman–Crippen MR) is 105 cm³/mol. The number of amides is 1. The van der Waals surface area contributed by atoms with Crippen molar-refractivity contribution in [2.45, 2.75) is 0 Å². The molecule has 0 atom stereocenters. The summed E-state index contributed by atoms with van der Waals surface area (Å²) in [5, 5.41) is 6.07. The van der Waals surface area contributed by atoms with E-state index in [4.69, 9.17) is 9.47 Å². The number of rotatable bonds is 7. The number of hydrogen-bond acceptors (Lipinski definition) is 7. The summed E-state index contributed by atoms with van der Waals surface area (Å²) in [6.45, 7) is 4.59. The van der Waals surface area contributed by atoms with Crippen molar-refractivity contribution in [2.75, 3.05) is 51.8 Å². The van der Waals surface area contributed by atoms with Crippen LogP contribution in [0.2, 0.25) is 0 Å². The van der Waals surface area contributed by atoms with Gasteiger partial charge in [0.2, 0.25) is 0 Å². The summed E-state index contributed by atoms with van der Waals surface area (Å²) in [6, 6.07) is 10.4. The Kier molecular flexibility index (Phi) is 6.94. The van der Waals surface area contributed by atoms with Gasteiger partial charge in [-0.25, -0.2) is 4.79 Å². The van der Waals surface area contributed by atoms with Crippen LogP contribution < -0.4 is 10.6 Å². The summed E-state index contributed by atoms with van der Waals surface area (Å²) < 4.78 is 10.0. The van der Waals surface area contributed by atoms with E-state index in [1.807, 2.05) is 6.07 Å². The Morgan fingerprint density at radius 3 is 2.75 bits per heavy atom. The number of hydrogen-bond donors (Lipinski definition) is 2. The lowest BCUT2D eigenvalue weighted by atomic mass is 10.2. The molecule has 0 radical (unpaired) electrons. The fraction of sp³-hybridized carbons (Fsp3) is 0.350. The molecule has 1 aliphatic rings. The molecular formula is C20H24N4O4. The highest BCUT2D eigenvalue weighted by Crippen LogP contribution is 2.18. The lowest BCUT2D eigenvalue weighted by Gasteiger charge is -2.26. The monoisotopic (exact) mass is 384 g/mol. The maximum Gasteiger partial charge on any atom is 0.337 e. The van der Waals surface area contributed by atoms with E-state index >= 15 is 0 Å². The zero-order valence-electron chi connectivity index (χ0n) is 15.8. The second-order valence-corrected chi connectivity index (χ2v) is 6.34. The largest absolute Gasteiger partial charge is 0.465 e. The van der Waals surface area contributed by atoms with Crippen molar-refractivity contribution in [3.63, 3.8) is 0 Å². The molecule has 28 heavy (non-hydrogen) atoms. The van der Waals surface area contributed by atoms with Gasteiger partial charge in [0.25, 0.3) is 5.91 Å². The topological polar surface area (TPSA) is 92.8 Å². The molecule has 0 saturated carbocycles. The van der Waals surface area contributed by atoms with Gasteiger partial charge in [0.05, 0.1) is 25.9 Å². The number of aromatic nitrogens is 1. The molecule has 0 bridgehead atoms. The van der Waals surface area contributed by atoms with E-state index in [0.29, 0.717) is 29.2 Å². The first kappa shape index (κ1) is 19.8. The zero-order valence-corrected chi connectivity index (χ0v) is 15.8. The molecule has 8 heteroatoms. The van der Waals surface area contributed by atoms with Crippen LogP contribution in [0.1, 0.15) is 20.8 Å². The number of esters is 1. The van der Waals surface area contributed by atoms with Crippen LogP contribution in [0.5, 0.6) is 0 Å². The third-order valence-electron chi connectivity index (χ3n) is 4.38. The zero-order chi connectivity index (χ0) is 19.8. The van der Waals surface area contributed by atoms with Crippen LogP contribution in [0.15, 0.2) is 42.6 Å². The van der Waals surface area contributed by atoms with Crippen molar-refractivity contribution in [1.29, 1.82) is 0 Å². The first-order chi connectivity index (χ1) is 13.7. The van der Waals surface area contributed by atoms with Gasteiger partial charge in [-0.15, -0.1) is 0 Å². The Morgan fingerprint density at radius 2 is 1.96 bits per heavy atom. The summed E-state index contributed by atoms with van der Waals surface area (Å²) in [5.41, 5.74) is 2.20. The fourth-order valence-corrected chi connectivity index (χ4v) is 2.88. The van der Waals surface area contributed by atoms with Gasteiger partial charge >= 0.3 is 5.97 Å². The predicted octanol–water partition coefficient (Wildman–Crippen LogP) is 1.67. The standard InChI is InChI=1S/C20H24N4O4/c1-27-20(26)15-3-2-4-16(13-15)23-17-5-6-21-18(14-17)19(25)22-7-8-24-9-11-28-12-10-24/h2-6,13-14H,7-12H2,1H3,(H,21,23)(H,22,25). The summed E-state index contributed by atoms with van der Waals surface area (Å²) in [7, 11) is 1.34. The molecule has 2 N–H and O–H groups in total. The number of ether oxygens (including phenoxy) is 2. The Hall–Kier alpha value is -2.97. The number of nitrogens with zero attached hydrogens (tertiary/aromatic N) is 2. The molecule has 1 aromatic heterocycles. The number of benzene rings is 1. The first-order valence-electron chi connectivity index (χ1n) is 9.15. The number of methoxy groups -OCH3 is 1. The van der Waals surface area contributed by atoms with E-state index in [9.17, 15) is 9.59 Å². The molecule has 0 aliphatic carbocycles. The van der Waals surface area contributed by atoms with Crippen LogP contribution in [0.3, 0.4) is 0 Å². The molecule has 2 heterocycles. The molecule has 1 fully saturated rings. The van der Waals surface area contributed by atoms with Crippen molar-refractivity contribution < 1.29 is 19.1 Å². The van der Waals surface area contributed by atoms with E-state index in [1.165, 1.54) is 7.11 Å². The molecule has 3 rings (SSSR count). The molecular weight excluding hydrogens is 360 g/mol. The molecule has 0 spiro atoms. The molecule has 8 nitrogen and oxygen atoms in total. The van der Waals surface area contributed by atoms with Gasteiger partial charge in [0, 0.05) is 43.8 Å². The minimum Gasteiger partial charge on any atom is -0.465 e. The van der Waals surface area contributed by atoms with Crippen LogP contribution in [0.25, 0.3) is 0 Å². The Balaban J connectivity index is 1.57. The summed E-state index contributed by atoms with van der Waals surface area (Å²) in [6.07, 6.45) is 1.57. The minimum atomic E-state index is -0.404. The second-order valence-electron chi connectivity index (χ2n) is 6.34. The molecule has 1 saturated heterocycles. The smallest absolute Gasteiger partial charge is 0.337 e. The van der Waals surface area contributed by atoms with Gasteiger partial charge in [-0.2, -0.15) is 0 Å². The normalized spacial score (nSPS) is 14.3. The maximum absolute atomic E-state index is 12.4. The number of carbonyl (C=O) groups excluding carboxylic acids is 2. The van der Waals surface area contributed by atoms with Gasteiger partial charge < -0.3 is 20.1 Å². The number of morpholine rings is 1. The van der Waals surface area contributed by atoms with Gasteiger partial charge in [0.15, 0.2) is 0 Å². The molecule has 1 aromatic carbocycles. The van der Waals surface area contributed by atoms with Crippen molar-refractivity contribution in [3.8, 4) is 0 Å². The Labute approximate surface area is 163 Å². The second kappa shape index (κ2) is 9.82. The van der Waals surface area contributed by atoms with Crippen molar-refractivity contribution >= 4 is 23.3 Å². The maximum atomic E-state index is 12.4. The molecule has 148 valence electrons. The highest BCUT2D eigenvalue weighted by Gasteiger charge is 2.12. The average Bonchev–Trinajstić information content (AvgIpc) is 2.74. The Morgan fingerprint density at radius 1 is 1.18 bits per heavy atom. The highest BCUT2D eigenvalue weighted by molar-refractivity contribution is 5.93. The fourth-order valence-electron chi connectivity index (χ4n) is 2.88. The molecule has 1 aliphatic heterocycles. The lowest BCUT2D eigenvalue weighted by molar-refractivity contribution is 0.0383. The number of carbonyl (C=O) groups is 2. The van der Waals surface area contributed by atoms with E-state index in [1.54, 1.807) is 36.5 Å². The summed E-state index contributed by atoms with van der Waals surface area (Å²) in [5.74, 6) is -0.626. The first-order valence-corrected chi connectivity index (χ1v) is 9.15. The van der Waals surface area contributed by atoms with Gasteiger partial charge in [-0.3, -0.25) is 14.7 Å². The van der Waals surface area contributed by atoms with Crippen LogP contribution in [-0.4, -0.2) is 68.3 Å². The van der Waals surface area contributed by atoms with Crippen LogP contribution in [-0.2, 0) is 9.47 Å². The lowest BCUT2D eigenvalue weighted by Crippen LogP contribution is -2.41.